The molecule has 1 heterocycles. The Morgan fingerprint density at radius 3 is 2.68 bits per heavy atom. The molecule has 7 heteroatoms. The Kier molecular flexibility index (Phi) is 4.28. The molecule has 1 saturated carbocycles. The van der Waals surface area contributed by atoms with E-state index in [2.05, 4.69) is 20.8 Å². The van der Waals surface area contributed by atoms with Crippen LogP contribution in [-0.2, 0) is 0 Å². The summed E-state index contributed by atoms with van der Waals surface area (Å²) in [6.07, 6.45) is 2.28. The van der Waals surface area contributed by atoms with Gasteiger partial charge in [0.15, 0.2) is 17.4 Å². The quantitative estimate of drug-likeness (QED) is 0.669. The predicted molar refractivity (Wildman–Crippen MR) is 91.9 cm³/mol. The van der Waals surface area contributed by atoms with Crippen LogP contribution in [0.15, 0.2) is 48.5 Å². The molecular formula is C18H18FN5O. The first kappa shape index (κ1) is 15.6. The number of tetrazole rings is 1. The largest absolute Gasteiger partial charge is 0.489 e. The van der Waals surface area contributed by atoms with Crippen molar-refractivity contribution in [2.24, 2.45) is 0 Å². The zero-order chi connectivity index (χ0) is 17.1. The van der Waals surface area contributed by atoms with Gasteiger partial charge in [0.25, 0.3) is 0 Å². The lowest BCUT2D eigenvalue weighted by molar-refractivity contribution is 0.315. The van der Waals surface area contributed by atoms with Crippen molar-refractivity contribution < 1.29 is 9.13 Å². The summed E-state index contributed by atoms with van der Waals surface area (Å²) in [5, 5.41) is 15.2. The number of nitrogens with zero attached hydrogens (tertiary/aromatic N) is 4. The maximum Gasteiger partial charge on any atom is 0.182 e. The second-order valence-corrected chi connectivity index (χ2v) is 5.96. The van der Waals surface area contributed by atoms with E-state index in [1.165, 1.54) is 6.07 Å². The van der Waals surface area contributed by atoms with Crippen molar-refractivity contribution in [1.82, 2.24) is 20.2 Å². The van der Waals surface area contributed by atoms with Crippen molar-refractivity contribution in [3.63, 3.8) is 0 Å². The number of benzene rings is 2. The van der Waals surface area contributed by atoms with Crippen molar-refractivity contribution in [3.8, 4) is 17.1 Å². The zero-order valence-electron chi connectivity index (χ0n) is 13.6. The summed E-state index contributed by atoms with van der Waals surface area (Å²) < 4.78 is 20.8. The molecule has 0 saturated heterocycles. The molecule has 0 amide bonds. The van der Waals surface area contributed by atoms with Crippen molar-refractivity contribution in [3.05, 3.63) is 54.3 Å². The minimum Gasteiger partial charge on any atom is -0.489 e. The fourth-order valence-electron chi connectivity index (χ4n) is 2.60. The van der Waals surface area contributed by atoms with E-state index in [0.717, 1.165) is 29.9 Å². The van der Waals surface area contributed by atoms with Crippen LogP contribution in [0.2, 0.25) is 0 Å². The van der Waals surface area contributed by atoms with Crippen LogP contribution in [0, 0.1) is 5.82 Å². The SMILES string of the molecule is Fc1ccccc1OCCNc1ccc(-c2nnnn2C2CC2)cc1. The molecule has 0 unspecified atom stereocenters. The van der Waals surface area contributed by atoms with Gasteiger partial charge in [-0.25, -0.2) is 9.07 Å². The lowest BCUT2D eigenvalue weighted by Crippen LogP contribution is -2.12. The number of ether oxygens (including phenoxy) is 1. The molecule has 1 aliphatic rings. The van der Waals surface area contributed by atoms with Gasteiger partial charge in [-0.2, -0.15) is 0 Å². The molecule has 6 nitrogen and oxygen atoms in total. The van der Waals surface area contributed by atoms with Crippen LogP contribution in [0.5, 0.6) is 5.75 Å². The fraction of sp³-hybridized carbons (Fsp3) is 0.278. The molecular weight excluding hydrogens is 321 g/mol. The second-order valence-electron chi connectivity index (χ2n) is 5.96. The number of aromatic nitrogens is 4. The van der Waals surface area contributed by atoms with Gasteiger partial charge in [0.2, 0.25) is 0 Å². The predicted octanol–water partition coefficient (Wildman–Crippen LogP) is 3.31. The summed E-state index contributed by atoms with van der Waals surface area (Å²) in [5.74, 6) is 0.726. The number of rotatable bonds is 7. The lowest BCUT2D eigenvalue weighted by Gasteiger charge is -2.10. The van der Waals surface area contributed by atoms with E-state index in [1.807, 2.05) is 28.9 Å². The lowest BCUT2D eigenvalue weighted by atomic mass is 10.2. The summed E-state index contributed by atoms with van der Waals surface area (Å²) >= 11 is 0. The molecule has 0 spiro atoms. The van der Waals surface area contributed by atoms with E-state index in [4.69, 9.17) is 4.74 Å². The van der Waals surface area contributed by atoms with Crippen LogP contribution >= 0.6 is 0 Å². The Balaban J connectivity index is 1.32. The first-order valence-corrected chi connectivity index (χ1v) is 8.31. The highest BCUT2D eigenvalue weighted by Crippen LogP contribution is 2.36. The van der Waals surface area contributed by atoms with Gasteiger partial charge in [-0.3, -0.25) is 0 Å². The molecule has 1 N–H and O–H groups in total. The maximum atomic E-state index is 13.4. The number of para-hydroxylation sites is 1. The van der Waals surface area contributed by atoms with Gasteiger partial charge in [-0.15, -0.1) is 5.10 Å². The normalized spacial score (nSPS) is 13.6. The van der Waals surface area contributed by atoms with Crippen LogP contribution in [0.4, 0.5) is 10.1 Å². The molecule has 25 heavy (non-hydrogen) atoms. The highest BCUT2D eigenvalue weighted by molar-refractivity contribution is 5.59. The summed E-state index contributed by atoms with van der Waals surface area (Å²) in [7, 11) is 0. The maximum absolute atomic E-state index is 13.4. The third kappa shape index (κ3) is 3.60. The van der Waals surface area contributed by atoms with Crippen LogP contribution in [0.1, 0.15) is 18.9 Å². The van der Waals surface area contributed by atoms with Gasteiger partial charge in [-0.1, -0.05) is 12.1 Å². The van der Waals surface area contributed by atoms with E-state index in [9.17, 15) is 4.39 Å². The summed E-state index contributed by atoms with van der Waals surface area (Å²) in [5.41, 5.74) is 1.95. The molecule has 0 atom stereocenters. The Hall–Kier alpha value is -2.96. The number of hydrogen-bond donors (Lipinski definition) is 1. The molecule has 1 fully saturated rings. The van der Waals surface area contributed by atoms with Crippen molar-refractivity contribution in [2.45, 2.75) is 18.9 Å². The number of halogens is 1. The Morgan fingerprint density at radius 2 is 1.92 bits per heavy atom. The highest BCUT2D eigenvalue weighted by atomic mass is 19.1. The van der Waals surface area contributed by atoms with Gasteiger partial charge in [0.05, 0.1) is 6.04 Å². The molecule has 1 aliphatic carbocycles. The number of anilines is 1. The van der Waals surface area contributed by atoms with Crippen LogP contribution < -0.4 is 10.1 Å². The molecule has 2 aromatic carbocycles. The van der Waals surface area contributed by atoms with E-state index >= 15 is 0 Å². The average molecular weight is 339 g/mol. The van der Waals surface area contributed by atoms with Gasteiger partial charge in [-0.05, 0) is 59.7 Å². The van der Waals surface area contributed by atoms with Gasteiger partial charge in [0.1, 0.15) is 6.61 Å². The number of hydrogen-bond acceptors (Lipinski definition) is 5. The monoisotopic (exact) mass is 339 g/mol. The Labute approximate surface area is 144 Å². The third-order valence-electron chi connectivity index (χ3n) is 4.05. The van der Waals surface area contributed by atoms with Crippen LogP contribution in [0.3, 0.4) is 0 Å². The second kappa shape index (κ2) is 6.88. The van der Waals surface area contributed by atoms with E-state index in [0.29, 0.717) is 19.2 Å². The molecule has 4 rings (SSSR count). The van der Waals surface area contributed by atoms with Crippen molar-refractivity contribution in [1.29, 1.82) is 0 Å². The third-order valence-corrected chi connectivity index (χ3v) is 4.05. The molecule has 1 aromatic heterocycles. The molecule has 128 valence electrons. The Morgan fingerprint density at radius 1 is 1.12 bits per heavy atom. The van der Waals surface area contributed by atoms with E-state index in [-0.39, 0.29) is 11.6 Å². The summed E-state index contributed by atoms with van der Waals surface area (Å²) in [6, 6.07) is 14.8. The fourth-order valence-corrected chi connectivity index (χ4v) is 2.60. The first-order chi connectivity index (χ1) is 12.3. The first-order valence-electron chi connectivity index (χ1n) is 8.31. The van der Waals surface area contributed by atoms with Gasteiger partial charge in [0, 0.05) is 17.8 Å². The number of nitrogens with one attached hydrogen (secondary N) is 1. The zero-order valence-corrected chi connectivity index (χ0v) is 13.6. The molecule has 0 aliphatic heterocycles. The standard InChI is InChI=1S/C18H18FN5O/c19-16-3-1-2-4-17(16)25-12-11-20-14-7-5-13(6-8-14)18-21-22-23-24(18)15-9-10-15/h1-8,15,20H,9-12H2. The topological polar surface area (TPSA) is 64.9 Å². The minimum absolute atomic E-state index is 0.270. The van der Waals surface area contributed by atoms with Crippen molar-refractivity contribution in [2.75, 3.05) is 18.5 Å². The van der Waals surface area contributed by atoms with Crippen LogP contribution in [0.25, 0.3) is 11.4 Å². The van der Waals surface area contributed by atoms with E-state index in [1.54, 1.807) is 18.2 Å². The Bertz CT molecular complexity index is 845. The minimum atomic E-state index is -0.347. The molecule has 3 aromatic rings. The van der Waals surface area contributed by atoms with E-state index < -0.39 is 0 Å². The highest BCUT2D eigenvalue weighted by Gasteiger charge is 2.28. The smallest absolute Gasteiger partial charge is 0.182 e. The average Bonchev–Trinajstić information content (AvgIpc) is 3.37. The van der Waals surface area contributed by atoms with Crippen LogP contribution in [-0.4, -0.2) is 33.4 Å². The summed E-state index contributed by atoms with van der Waals surface area (Å²) in [4.78, 5) is 0. The van der Waals surface area contributed by atoms with Crippen molar-refractivity contribution >= 4 is 5.69 Å². The van der Waals surface area contributed by atoms with Gasteiger partial charge < -0.3 is 10.1 Å². The summed E-state index contributed by atoms with van der Waals surface area (Å²) in [6.45, 7) is 0.954. The van der Waals surface area contributed by atoms with Gasteiger partial charge >= 0.3 is 0 Å². The molecule has 0 radical (unpaired) electrons. The molecule has 0 bridgehead atoms.